The van der Waals surface area contributed by atoms with Gasteiger partial charge in [-0.15, -0.1) is 0 Å². The highest BCUT2D eigenvalue weighted by atomic mass is 16.3. The van der Waals surface area contributed by atoms with Crippen molar-refractivity contribution in [1.82, 2.24) is 0 Å². The van der Waals surface area contributed by atoms with Gasteiger partial charge in [-0.1, -0.05) is 37.8 Å². The first-order valence-corrected chi connectivity index (χ1v) is 8.63. The molecule has 2 N–H and O–H groups in total. The van der Waals surface area contributed by atoms with Crippen molar-refractivity contribution in [2.45, 2.75) is 57.8 Å². The Bertz CT molecular complexity index is 641. The maximum atomic E-state index is 9.80. The number of hydrogen-bond donors (Lipinski definition) is 2. The van der Waals surface area contributed by atoms with E-state index in [1.807, 2.05) is 24.3 Å². The van der Waals surface area contributed by atoms with E-state index in [1.54, 1.807) is 0 Å². The average molecular weight is 310 g/mol. The standard InChI is InChI=1S/C21H26O2/c1-15-13-17(22)7-9-19(15)21(11-5-3-4-6-12-21)20-10-8-18(23)14-16(20)2/h7-10,13-14,22-23H,3-6,11-12H2,1-2H3. The van der Waals surface area contributed by atoms with Crippen LogP contribution in [0.1, 0.15) is 60.8 Å². The molecule has 0 amide bonds. The third kappa shape index (κ3) is 2.95. The van der Waals surface area contributed by atoms with E-state index in [1.165, 1.54) is 36.8 Å². The number of phenols is 2. The molecule has 3 rings (SSSR count). The van der Waals surface area contributed by atoms with Crippen LogP contribution in [-0.4, -0.2) is 10.2 Å². The number of phenolic OH excluding ortho intramolecular Hbond substituents is 2. The molecular weight excluding hydrogens is 284 g/mol. The first kappa shape index (κ1) is 15.9. The van der Waals surface area contributed by atoms with E-state index in [0.717, 1.165) is 24.0 Å². The number of hydrogen-bond acceptors (Lipinski definition) is 2. The summed E-state index contributed by atoms with van der Waals surface area (Å²) in [4.78, 5) is 0. The van der Waals surface area contributed by atoms with Crippen LogP contribution in [0, 0.1) is 13.8 Å². The molecule has 0 aromatic heterocycles. The predicted molar refractivity (Wildman–Crippen MR) is 94.2 cm³/mol. The zero-order valence-corrected chi connectivity index (χ0v) is 14.1. The smallest absolute Gasteiger partial charge is 0.115 e. The molecule has 0 saturated heterocycles. The van der Waals surface area contributed by atoms with Gasteiger partial charge in [-0.2, -0.15) is 0 Å². The summed E-state index contributed by atoms with van der Waals surface area (Å²) in [6.45, 7) is 4.19. The molecular formula is C21H26O2. The van der Waals surface area contributed by atoms with Gasteiger partial charge in [-0.3, -0.25) is 0 Å². The topological polar surface area (TPSA) is 40.5 Å². The zero-order valence-electron chi connectivity index (χ0n) is 14.1. The van der Waals surface area contributed by atoms with Gasteiger partial charge >= 0.3 is 0 Å². The fourth-order valence-corrected chi connectivity index (χ4v) is 4.39. The summed E-state index contributed by atoms with van der Waals surface area (Å²) in [6.07, 6.45) is 7.28. The van der Waals surface area contributed by atoms with Gasteiger partial charge in [-0.25, -0.2) is 0 Å². The van der Waals surface area contributed by atoms with Crippen molar-refractivity contribution in [2.24, 2.45) is 0 Å². The molecule has 2 nitrogen and oxygen atoms in total. The lowest BCUT2D eigenvalue weighted by molar-refractivity contribution is 0.435. The van der Waals surface area contributed by atoms with E-state index < -0.39 is 0 Å². The van der Waals surface area contributed by atoms with Crippen LogP contribution in [0.15, 0.2) is 36.4 Å². The minimum Gasteiger partial charge on any atom is -0.508 e. The zero-order chi connectivity index (χ0) is 16.4. The fourth-order valence-electron chi connectivity index (χ4n) is 4.39. The van der Waals surface area contributed by atoms with E-state index in [0.29, 0.717) is 11.5 Å². The van der Waals surface area contributed by atoms with Gasteiger partial charge in [0.2, 0.25) is 0 Å². The molecule has 0 unspecified atom stereocenters. The van der Waals surface area contributed by atoms with Crippen molar-refractivity contribution < 1.29 is 10.2 Å². The minimum atomic E-state index is -0.00787. The Morgan fingerprint density at radius 2 is 1.13 bits per heavy atom. The van der Waals surface area contributed by atoms with Crippen LogP contribution in [0.4, 0.5) is 0 Å². The third-order valence-electron chi connectivity index (χ3n) is 5.41. The molecule has 0 aliphatic heterocycles. The van der Waals surface area contributed by atoms with E-state index in [9.17, 15) is 10.2 Å². The fraction of sp³-hybridized carbons (Fsp3) is 0.429. The van der Waals surface area contributed by atoms with Crippen LogP contribution >= 0.6 is 0 Å². The first-order chi connectivity index (χ1) is 11.0. The Kier molecular flexibility index (Phi) is 4.34. The molecule has 1 aliphatic carbocycles. The van der Waals surface area contributed by atoms with Gasteiger partial charge in [-0.05, 0) is 73.2 Å². The number of rotatable bonds is 2. The summed E-state index contributed by atoms with van der Waals surface area (Å²) in [5.74, 6) is 0.662. The number of benzene rings is 2. The van der Waals surface area contributed by atoms with E-state index in [-0.39, 0.29) is 5.41 Å². The quantitative estimate of drug-likeness (QED) is 0.734. The van der Waals surface area contributed by atoms with E-state index in [2.05, 4.69) is 26.0 Å². The molecule has 0 radical (unpaired) electrons. The van der Waals surface area contributed by atoms with Crippen LogP contribution < -0.4 is 0 Å². The van der Waals surface area contributed by atoms with Crippen molar-refractivity contribution >= 4 is 0 Å². The van der Waals surface area contributed by atoms with Crippen LogP contribution in [-0.2, 0) is 5.41 Å². The average Bonchev–Trinajstić information content (AvgIpc) is 2.74. The first-order valence-electron chi connectivity index (χ1n) is 8.63. The van der Waals surface area contributed by atoms with Crippen molar-refractivity contribution in [3.63, 3.8) is 0 Å². The highest BCUT2D eigenvalue weighted by Gasteiger charge is 2.36. The molecule has 0 bridgehead atoms. The Labute approximate surface area is 138 Å². The Morgan fingerprint density at radius 1 is 0.696 bits per heavy atom. The van der Waals surface area contributed by atoms with E-state index in [4.69, 9.17) is 0 Å². The molecule has 2 aromatic rings. The molecule has 1 aliphatic rings. The number of aryl methyl sites for hydroxylation is 2. The molecule has 0 spiro atoms. The highest BCUT2D eigenvalue weighted by molar-refractivity contribution is 5.50. The van der Waals surface area contributed by atoms with Crippen molar-refractivity contribution in [3.8, 4) is 11.5 Å². The minimum absolute atomic E-state index is 0.00787. The molecule has 23 heavy (non-hydrogen) atoms. The number of aromatic hydroxyl groups is 2. The Morgan fingerprint density at radius 3 is 1.52 bits per heavy atom. The summed E-state index contributed by atoms with van der Waals surface area (Å²) < 4.78 is 0. The van der Waals surface area contributed by atoms with Crippen molar-refractivity contribution in [1.29, 1.82) is 0 Å². The van der Waals surface area contributed by atoms with Crippen LogP contribution in [0.3, 0.4) is 0 Å². The molecule has 0 heterocycles. The van der Waals surface area contributed by atoms with Gasteiger partial charge in [0.25, 0.3) is 0 Å². The molecule has 2 heteroatoms. The second-order valence-electron chi connectivity index (χ2n) is 6.99. The van der Waals surface area contributed by atoms with Gasteiger partial charge in [0, 0.05) is 5.41 Å². The summed E-state index contributed by atoms with van der Waals surface area (Å²) in [5, 5.41) is 19.6. The SMILES string of the molecule is Cc1cc(O)ccc1C1(c2ccc(O)cc2C)CCCCCC1. The summed E-state index contributed by atoms with van der Waals surface area (Å²) in [5.41, 5.74) is 4.95. The maximum Gasteiger partial charge on any atom is 0.115 e. The summed E-state index contributed by atoms with van der Waals surface area (Å²) >= 11 is 0. The lowest BCUT2D eigenvalue weighted by Crippen LogP contribution is -2.29. The molecule has 1 fully saturated rings. The van der Waals surface area contributed by atoms with Crippen LogP contribution in [0.2, 0.25) is 0 Å². The van der Waals surface area contributed by atoms with Crippen LogP contribution in [0.5, 0.6) is 11.5 Å². The second kappa shape index (κ2) is 6.27. The summed E-state index contributed by atoms with van der Waals surface area (Å²) in [7, 11) is 0. The predicted octanol–water partition coefficient (Wildman–Crippen LogP) is 5.35. The molecule has 1 saturated carbocycles. The van der Waals surface area contributed by atoms with Gasteiger partial charge in [0.1, 0.15) is 11.5 Å². The molecule has 122 valence electrons. The van der Waals surface area contributed by atoms with Crippen LogP contribution in [0.25, 0.3) is 0 Å². The normalized spacial score (nSPS) is 17.7. The maximum absolute atomic E-state index is 9.80. The summed E-state index contributed by atoms with van der Waals surface area (Å²) in [6, 6.07) is 11.6. The van der Waals surface area contributed by atoms with Gasteiger partial charge < -0.3 is 10.2 Å². The monoisotopic (exact) mass is 310 g/mol. The highest BCUT2D eigenvalue weighted by Crippen LogP contribution is 2.47. The van der Waals surface area contributed by atoms with Gasteiger partial charge in [0.05, 0.1) is 0 Å². The van der Waals surface area contributed by atoms with Crippen molar-refractivity contribution in [3.05, 3.63) is 58.7 Å². The van der Waals surface area contributed by atoms with Gasteiger partial charge in [0.15, 0.2) is 0 Å². The second-order valence-corrected chi connectivity index (χ2v) is 6.99. The Balaban J connectivity index is 2.21. The lowest BCUT2D eigenvalue weighted by Gasteiger charge is -2.37. The van der Waals surface area contributed by atoms with E-state index >= 15 is 0 Å². The third-order valence-corrected chi connectivity index (χ3v) is 5.41. The molecule has 2 aromatic carbocycles. The lowest BCUT2D eigenvalue weighted by atomic mass is 9.67. The largest absolute Gasteiger partial charge is 0.508 e. The Hall–Kier alpha value is -1.96. The van der Waals surface area contributed by atoms with Crippen molar-refractivity contribution in [2.75, 3.05) is 0 Å². The molecule has 0 atom stereocenters.